The third-order valence-electron chi connectivity index (χ3n) is 4.92. The smallest absolute Gasteiger partial charge is 0.253 e. The Balaban J connectivity index is 1.33. The Morgan fingerprint density at radius 3 is 2.92 bits per heavy atom. The van der Waals surface area contributed by atoms with E-state index in [1.165, 1.54) is 0 Å². The first kappa shape index (κ1) is 17.6. The van der Waals surface area contributed by atoms with Gasteiger partial charge in [0.2, 0.25) is 11.7 Å². The van der Waals surface area contributed by atoms with E-state index in [1.54, 1.807) is 11.3 Å². The zero-order valence-corrected chi connectivity index (χ0v) is 15.6. The monoisotopic (exact) mass is 377 g/mol. The zero-order valence-electron chi connectivity index (χ0n) is 14.8. The van der Waals surface area contributed by atoms with Crippen LogP contribution in [0.5, 0.6) is 0 Å². The number of thiophene rings is 1. The Hall–Kier alpha value is -1.81. The molecule has 9 heteroatoms. The molecule has 140 valence electrons. The van der Waals surface area contributed by atoms with E-state index >= 15 is 0 Å². The van der Waals surface area contributed by atoms with Crippen LogP contribution in [0, 0.1) is 0 Å². The molecule has 2 aromatic heterocycles. The fourth-order valence-corrected chi connectivity index (χ4v) is 3.97. The van der Waals surface area contributed by atoms with Gasteiger partial charge in [-0.1, -0.05) is 11.2 Å². The standard InChI is InChI=1S/C17H23N5O3S/c1-12(16-19-15(20-25-16)14-3-2-10-26-14)21-5-7-22(8-6-21)17(23)13-11-18-4-9-24-13/h2-3,10,12-13,18H,4-9,11H2,1H3. The molecule has 2 aromatic rings. The van der Waals surface area contributed by atoms with Crippen molar-refractivity contribution in [3.8, 4) is 10.7 Å². The number of ether oxygens (including phenoxy) is 1. The molecule has 2 unspecified atom stereocenters. The second kappa shape index (κ2) is 7.83. The first-order valence-corrected chi connectivity index (χ1v) is 9.83. The van der Waals surface area contributed by atoms with Crippen LogP contribution in [0.1, 0.15) is 18.9 Å². The van der Waals surface area contributed by atoms with Gasteiger partial charge in [0, 0.05) is 39.3 Å². The number of nitrogens with one attached hydrogen (secondary N) is 1. The summed E-state index contributed by atoms with van der Waals surface area (Å²) in [6.07, 6.45) is -0.350. The van der Waals surface area contributed by atoms with E-state index in [2.05, 4.69) is 27.3 Å². The van der Waals surface area contributed by atoms with Crippen LogP contribution in [-0.4, -0.2) is 77.8 Å². The largest absolute Gasteiger partial charge is 0.366 e. The Morgan fingerprint density at radius 2 is 2.23 bits per heavy atom. The summed E-state index contributed by atoms with van der Waals surface area (Å²) >= 11 is 1.59. The van der Waals surface area contributed by atoms with Gasteiger partial charge in [-0.3, -0.25) is 9.69 Å². The minimum Gasteiger partial charge on any atom is -0.366 e. The third kappa shape index (κ3) is 3.66. The highest BCUT2D eigenvalue weighted by atomic mass is 32.1. The number of carbonyl (C=O) groups is 1. The van der Waals surface area contributed by atoms with Crippen LogP contribution in [-0.2, 0) is 9.53 Å². The molecule has 1 amide bonds. The van der Waals surface area contributed by atoms with E-state index in [0.717, 1.165) is 24.5 Å². The van der Waals surface area contributed by atoms with E-state index in [-0.39, 0.29) is 18.1 Å². The number of carbonyl (C=O) groups excluding carboxylic acids is 1. The Kier molecular flexibility index (Phi) is 5.30. The van der Waals surface area contributed by atoms with Gasteiger partial charge in [-0.15, -0.1) is 11.3 Å². The summed E-state index contributed by atoms with van der Waals surface area (Å²) in [5.41, 5.74) is 0. The quantitative estimate of drug-likeness (QED) is 0.851. The van der Waals surface area contributed by atoms with E-state index in [0.29, 0.717) is 38.0 Å². The molecule has 8 nitrogen and oxygen atoms in total. The predicted molar refractivity (Wildman–Crippen MR) is 96.8 cm³/mol. The summed E-state index contributed by atoms with van der Waals surface area (Å²) in [6.45, 7) is 7.02. The molecule has 0 aliphatic carbocycles. The van der Waals surface area contributed by atoms with E-state index in [4.69, 9.17) is 9.26 Å². The summed E-state index contributed by atoms with van der Waals surface area (Å²) in [4.78, 5) is 22.2. The van der Waals surface area contributed by atoms with Crippen molar-refractivity contribution in [1.82, 2.24) is 25.3 Å². The number of rotatable bonds is 4. The maximum atomic E-state index is 12.5. The van der Waals surface area contributed by atoms with Crippen molar-refractivity contribution in [1.29, 1.82) is 0 Å². The molecule has 2 aliphatic rings. The molecule has 2 atom stereocenters. The van der Waals surface area contributed by atoms with Crippen LogP contribution in [0.15, 0.2) is 22.0 Å². The molecule has 26 heavy (non-hydrogen) atoms. The van der Waals surface area contributed by atoms with Crippen molar-refractivity contribution >= 4 is 17.2 Å². The van der Waals surface area contributed by atoms with Gasteiger partial charge in [0.25, 0.3) is 5.91 Å². The molecule has 2 fully saturated rings. The van der Waals surface area contributed by atoms with Crippen molar-refractivity contribution in [3.63, 3.8) is 0 Å². The average Bonchev–Trinajstić information content (AvgIpc) is 3.39. The van der Waals surface area contributed by atoms with Crippen molar-refractivity contribution in [2.75, 3.05) is 45.9 Å². The Bertz CT molecular complexity index is 721. The molecule has 2 saturated heterocycles. The number of hydrogen-bond acceptors (Lipinski definition) is 8. The topological polar surface area (TPSA) is 83.7 Å². The van der Waals surface area contributed by atoms with Crippen molar-refractivity contribution in [2.24, 2.45) is 0 Å². The lowest BCUT2D eigenvalue weighted by atomic mass is 10.2. The summed E-state index contributed by atoms with van der Waals surface area (Å²) < 4.78 is 11.0. The van der Waals surface area contributed by atoms with Gasteiger partial charge >= 0.3 is 0 Å². The van der Waals surface area contributed by atoms with Gasteiger partial charge < -0.3 is 19.5 Å². The van der Waals surface area contributed by atoms with Gasteiger partial charge in [0.1, 0.15) is 6.10 Å². The number of amides is 1. The van der Waals surface area contributed by atoms with Crippen molar-refractivity contribution in [2.45, 2.75) is 19.1 Å². The highest BCUT2D eigenvalue weighted by Gasteiger charge is 2.31. The normalized spacial score (nSPS) is 23.1. The highest BCUT2D eigenvalue weighted by Crippen LogP contribution is 2.26. The van der Waals surface area contributed by atoms with Gasteiger partial charge in [-0.05, 0) is 18.4 Å². The summed E-state index contributed by atoms with van der Waals surface area (Å²) in [5.74, 6) is 1.34. The molecule has 4 rings (SSSR count). The first-order valence-electron chi connectivity index (χ1n) is 8.95. The first-order chi connectivity index (χ1) is 12.7. The zero-order chi connectivity index (χ0) is 17.9. The van der Waals surface area contributed by atoms with Crippen LogP contribution in [0.25, 0.3) is 10.7 Å². The lowest BCUT2D eigenvalue weighted by molar-refractivity contribution is -0.147. The van der Waals surface area contributed by atoms with Crippen LogP contribution >= 0.6 is 11.3 Å². The third-order valence-corrected chi connectivity index (χ3v) is 5.78. The number of aromatic nitrogens is 2. The van der Waals surface area contributed by atoms with Gasteiger partial charge in [0.15, 0.2) is 0 Å². The molecule has 0 spiro atoms. The molecular formula is C17H23N5O3S. The molecular weight excluding hydrogens is 354 g/mol. The van der Waals surface area contributed by atoms with Gasteiger partial charge in [0.05, 0.1) is 17.5 Å². The Labute approximate surface area is 156 Å². The molecule has 1 N–H and O–H groups in total. The van der Waals surface area contributed by atoms with Crippen LogP contribution in [0.2, 0.25) is 0 Å². The lowest BCUT2D eigenvalue weighted by Gasteiger charge is -2.38. The molecule has 0 bridgehead atoms. The fourth-order valence-electron chi connectivity index (χ4n) is 3.32. The molecule has 2 aliphatic heterocycles. The maximum Gasteiger partial charge on any atom is 0.253 e. The SMILES string of the molecule is CC(c1nc(-c2cccs2)no1)N1CCN(C(=O)C2CNCCO2)CC1. The van der Waals surface area contributed by atoms with E-state index < -0.39 is 0 Å². The van der Waals surface area contributed by atoms with Crippen LogP contribution < -0.4 is 5.32 Å². The summed E-state index contributed by atoms with van der Waals surface area (Å²) in [7, 11) is 0. The van der Waals surface area contributed by atoms with Crippen molar-refractivity contribution < 1.29 is 14.1 Å². The molecule has 0 aromatic carbocycles. The highest BCUT2D eigenvalue weighted by molar-refractivity contribution is 7.13. The number of nitrogens with zero attached hydrogens (tertiary/aromatic N) is 4. The van der Waals surface area contributed by atoms with Gasteiger partial charge in [-0.25, -0.2) is 0 Å². The molecule has 0 radical (unpaired) electrons. The molecule has 0 saturated carbocycles. The van der Waals surface area contributed by atoms with E-state index in [1.807, 2.05) is 22.4 Å². The van der Waals surface area contributed by atoms with Gasteiger partial charge in [-0.2, -0.15) is 4.98 Å². The van der Waals surface area contributed by atoms with Crippen molar-refractivity contribution in [3.05, 3.63) is 23.4 Å². The van der Waals surface area contributed by atoms with E-state index in [9.17, 15) is 4.79 Å². The minimum atomic E-state index is -0.350. The fraction of sp³-hybridized carbons (Fsp3) is 0.588. The second-order valence-electron chi connectivity index (χ2n) is 6.53. The minimum absolute atomic E-state index is 0.0288. The number of hydrogen-bond donors (Lipinski definition) is 1. The average molecular weight is 377 g/mol. The Morgan fingerprint density at radius 1 is 1.38 bits per heavy atom. The number of morpholine rings is 1. The van der Waals surface area contributed by atoms with Crippen LogP contribution in [0.3, 0.4) is 0 Å². The summed E-state index contributed by atoms with van der Waals surface area (Å²) in [6, 6.07) is 3.98. The second-order valence-corrected chi connectivity index (χ2v) is 7.48. The molecule has 4 heterocycles. The summed E-state index contributed by atoms with van der Waals surface area (Å²) in [5, 5.41) is 9.29. The predicted octanol–water partition coefficient (Wildman–Crippen LogP) is 0.992. The number of piperazine rings is 1. The maximum absolute atomic E-state index is 12.5. The lowest BCUT2D eigenvalue weighted by Crippen LogP contribution is -2.55. The van der Waals surface area contributed by atoms with Crippen LogP contribution in [0.4, 0.5) is 0 Å².